The molecule has 3 N–H and O–H groups in total. The summed E-state index contributed by atoms with van der Waals surface area (Å²) in [4.78, 5) is 31.8. The molecule has 1 aliphatic heterocycles. The molecule has 3 heterocycles. The molecule has 222 valence electrons. The minimum atomic E-state index is -1.37. The number of carboxylic acids is 1. The molecule has 0 bridgehead atoms. The predicted octanol–water partition coefficient (Wildman–Crippen LogP) is 6.54. The van der Waals surface area contributed by atoms with Crippen molar-refractivity contribution >= 4 is 23.7 Å². The molecule has 2 aromatic heterocycles. The summed E-state index contributed by atoms with van der Waals surface area (Å²) in [5.74, 6) is -2.10. The molecular formula is C30H46FN5O4. The highest BCUT2D eigenvalue weighted by Crippen LogP contribution is 2.58. The molecule has 0 spiro atoms. The Morgan fingerprint density at radius 1 is 1.07 bits per heavy atom. The first-order chi connectivity index (χ1) is 18.1. The molecular weight excluding hydrogens is 513 g/mol. The third-order valence-electron chi connectivity index (χ3n) is 8.24. The molecule has 0 saturated carbocycles. The fraction of sp³-hybridized carbons (Fsp3) is 0.667. The van der Waals surface area contributed by atoms with Gasteiger partial charge in [0.05, 0.1) is 16.6 Å². The van der Waals surface area contributed by atoms with E-state index < -0.39 is 52.0 Å². The second kappa shape index (κ2) is 10.3. The monoisotopic (exact) mass is 559 g/mol. The lowest BCUT2D eigenvalue weighted by atomic mass is 9.48. The highest BCUT2D eigenvalue weighted by molar-refractivity contribution is 5.78. The Kier molecular flexibility index (Phi) is 8.11. The second-order valence-electron chi connectivity index (χ2n) is 14.5. The van der Waals surface area contributed by atoms with Gasteiger partial charge in [-0.1, -0.05) is 41.5 Å². The van der Waals surface area contributed by atoms with Gasteiger partial charge in [0.15, 0.2) is 11.6 Å². The van der Waals surface area contributed by atoms with Crippen LogP contribution in [-0.4, -0.2) is 54.5 Å². The van der Waals surface area contributed by atoms with Crippen LogP contribution in [0, 0.1) is 40.8 Å². The van der Waals surface area contributed by atoms with E-state index in [1.807, 2.05) is 75.3 Å². The van der Waals surface area contributed by atoms with Gasteiger partial charge in [0.1, 0.15) is 5.82 Å². The van der Waals surface area contributed by atoms with Crippen molar-refractivity contribution in [1.29, 1.82) is 0 Å². The standard InChI is InChI=1S/C30H46FN5O4/c1-17-14-22(36(34-17)29(9,10)11)33-24-20(31)13-12-19(32-24)15-30(25(37)38)21(27(3,4)5)16-35(26(39)40)18(2)23(30)28(6,7)8/h12-14,18,21,23H,15-16H2,1-11H3,(H,32,33)(H,37,38)(H,39,40)/t18-,21?,23?,30-/m1/s1. The summed E-state index contributed by atoms with van der Waals surface area (Å²) in [7, 11) is 0. The van der Waals surface area contributed by atoms with Crippen molar-refractivity contribution < 1.29 is 24.2 Å². The lowest BCUT2D eigenvalue weighted by molar-refractivity contribution is -0.184. The number of rotatable bonds is 5. The van der Waals surface area contributed by atoms with Crippen molar-refractivity contribution in [3.8, 4) is 0 Å². The molecule has 1 saturated heterocycles. The molecule has 1 aliphatic rings. The van der Waals surface area contributed by atoms with Gasteiger partial charge in [0.25, 0.3) is 0 Å². The summed E-state index contributed by atoms with van der Waals surface area (Å²) in [5, 5.41) is 28.7. The van der Waals surface area contributed by atoms with Gasteiger partial charge < -0.3 is 20.4 Å². The van der Waals surface area contributed by atoms with Crippen molar-refractivity contribution in [3.63, 3.8) is 0 Å². The number of pyridine rings is 1. The maximum Gasteiger partial charge on any atom is 0.407 e. The van der Waals surface area contributed by atoms with Crippen LogP contribution in [-0.2, 0) is 16.8 Å². The number of nitrogens with zero attached hydrogens (tertiary/aromatic N) is 4. The molecule has 1 amide bonds. The van der Waals surface area contributed by atoms with Crippen LogP contribution in [0.15, 0.2) is 18.2 Å². The molecule has 1 fully saturated rings. The van der Waals surface area contributed by atoms with E-state index in [4.69, 9.17) is 0 Å². The molecule has 0 aliphatic carbocycles. The zero-order chi connectivity index (χ0) is 30.6. The minimum Gasteiger partial charge on any atom is -0.481 e. The first-order valence-corrected chi connectivity index (χ1v) is 13.8. The van der Waals surface area contributed by atoms with Crippen molar-refractivity contribution in [3.05, 3.63) is 35.4 Å². The molecule has 40 heavy (non-hydrogen) atoms. The molecule has 10 heteroatoms. The normalized spacial score (nSPS) is 24.2. The van der Waals surface area contributed by atoms with E-state index in [1.165, 1.54) is 17.0 Å². The quantitative estimate of drug-likeness (QED) is 0.380. The lowest BCUT2D eigenvalue weighted by Gasteiger charge is -2.60. The van der Waals surface area contributed by atoms with Crippen LogP contribution < -0.4 is 5.32 Å². The van der Waals surface area contributed by atoms with E-state index in [0.717, 1.165) is 5.69 Å². The van der Waals surface area contributed by atoms with Gasteiger partial charge in [-0.25, -0.2) is 18.9 Å². The van der Waals surface area contributed by atoms with Crippen molar-refractivity contribution in [2.75, 3.05) is 11.9 Å². The van der Waals surface area contributed by atoms with E-state index in [-0.39, 0.29) is 24.3 Å². The van der Waals surface area contributed by atoms with Crippen LogP contribution in [0.4, 0.5) is 20.8 Å². The number of aromatic nitrogens is 3. The smallest absolute Gasteiger partial charge is 0.407 e. The lowest BCUT2D eigenvalue weighted by Crippen LogP contribution is -2.68. The molecule has 0 aromatic carbocycles. The Morgan fingerprint density at radius 3 is 2.15 bits per heavy atom. The molecule has 2 unspecified atom stereocenters. The van der Waals surface area contributed by atoms with E-state index in [9.17, 15) is 19.8 Å². The molecule has 3 rings (SSSR count). The number of aliphatic carboxylic acids is 1. The number of carboxylic acid groups (broad SMARTS) is 2. The first-order valence-electron chi connectivity index (χ1n) is 13.8. The number of nitrogens with one attached hydrogen (secondary N) is 1. The SMILES string of the molecule is Cc1cc(Nc2nc(C[C@@]3(C(=O)O)C(C(C)(C)C)CN(C(=O)O)[C@H](C)C3C(C)(C)C)ccc2F)n(C(C)(C)C)n1. The summed E-state index contributed by atoms with van der Waals surface area (Å²) >= 11 is 0. The zero-order valence-corrected chi connectivity index (χ0v) is 25.8. The van der Waals surface area contributed by atoms with Gasteiger partial charge in [-0.05, 0) is 63.5 Å². The van der Waals surface area contributed by atoms with Gasteiger partial charge in [-0.3, -0.25) is 4.79 Å². The first kappa shape index (κ1) is 31.4. The van der Waals surface area contributed by atoms with Crippen LogP contribution in [0.2, 0.25) is 0 Å². The largest absolute Gasteiger partial charge is 0.481 e. The van der Waals surface area contributed by atoms with E-state index in [0.29, 0.717) is 11.5 Å². The Bertz CT molecular complexity index is 1270. The minimum absolute atomic E-state index is 0.0147. The van der Waals surface area contributed by atoms with Gasteiger partial charge in [-0.2, -0.15) is 5.10 Å². The average molecular weight is 560 g/mol. The van der Waals surface area contributed by atoms with Crippen LogP contribution in [0.3, 0.4) is 0 Å². The van der Waals surface area contributed by atoms with Crippen LogP contribution in [0.5, 0.6) is 0 Å². The van der Waals surface area contributed by atoms with E-state index >= 15 is 4.39 Å². The number of carbonyl (C=O) groups is 2. The van der Waals surface area contributed by atoms with Crippen LogP contribution >= 0.6 is 0 Å². The van der Waals surface area contributed by atoms with E-state index in [2.05, 4.69) is 15.4 Å². The van der Waals surface area contributed by atoms with Gasteiger partial charge in [0.2, 0.25) is 0 Å². The summed E-state index contributed by atoms with van der Waals surface area (Å²) < 4.78 is 16.9. The fourth-order valence-corrected chi connectivity index (χ4v) is 6.93. The van der Waals surface area contributed by atoms with E-state index in [1.54, 1.807) is 11.6 Å². The topological polar surface area (TPSA) is 121 Å². The molecule has 9 nitrogen and oxygen atoms in total. The summed E-state index contributed by atoms with van der Waals surface area (Å²) in [6.45, 7) is 21.4. The number of halogens is 1. The third kappa shape index (κ3) is 5.81. The zero-order valence-electron chi connectivity index (χ0n) is 25.8. The summed E-state index contributed by atoms with van der Waals surface area (Å²) in [6.07, 6.45) is -1.04. The number of hydrogen-bond donors (Lipinski definition) is 3. The third-order valence-corrected chi connectivity index (χ3v) is 8.24. The Hall–Kier alpha value is -3.17. The number of amides is 1. The second-order valence-corrected chi connectivity index (χ2v) is 14.5. The summed E-state index contributed by atoms with van der Waals surface area (Å²) in [6, 6.07) is 4.09. The Balaban J connectivity index is 2.19. The summed E-state index contributed by atoms with van der Waals surface area (Å²) in [5.41, 5.74) is -1.66. The maximum absolute atomic E-state index is 15.1. The maximum atomic E-state index is 15.1. The fourth-order valence-electron chi connectivity index (χ4n) is 6.93. The highest BCUT2D eigenvalue weighted by atomic mass is 19.1. The average Bonchev–Trinajstić information content (AvgIpc) is 3.14. The molecule has 4 atom stereocenters. The van der Waals surface area contributed by atoms with Crippen molar-refractivity contribution in [1.82, 2.24) is 19.7 Å². The number of aryl methyl sites for hydroxylation is 1. The van der Waals surface area contributed by atoms with Crippen LogP contribution in [0.1, 0.15) is 80.6 Å². The Labute approximate surface area is 237 Å². The van der Waals surface area contributed by atoms with Crippen molar-refractivity contribution in [2.24, 2.45) is 28.1 Å². The highest BCUT2D eigenvalue weighted by Gasteiger charge is 2.64. The number of piperidine rings is 1. The number of anilines is 2. The Morgan fingerprint density at radius 2 is 1.68 bits per heavy atom. The van der Waals surface area contributed by atoms with Gasteiger partial charge in [0, 0.05) is 36.7 Å². The van der Waals surface area contributed by atoms with Gasteiger partial charge >= 0.3 is 12.1 Å². The van der Waals surface area contributed by atoms with Gasteiger partial charge in [-0.15, -0.1) is 0 Å². The molecule has 0 radical (unpaired) electrons. The number of hydrogen-bond acceptors (Lipinski definition) is 5. The van der Waals surface area contributed by atoms with Crippen molar-refractivity contribution in [2.45, 2.75) is 94.2 Å². The number of likely N-dealkylation sites (tertiary alicyclic amines) is 1. The predicted molar refractivity (Wildman–Crippen MR) is 153 cm³/mol. The van der Waals surface area contributed by atoms with Crippen LogP contribution in [0.25, 0.3) is 0 Å². The molecule has 2 aromatic rings.